The summed E-state index contributed by atoms with van der Waals surface area (Å²) in [6, 6.07) is 0.176. The Labute approximate surface area is 230 Å². The van der Waals surface area contributed by atoms with Crippen molar-refractivity contribution in [3.8, 4) is 0 Å². The Kier molecular flexibility index (Phi) is 12.5. The molecular weight excluding hydrogens is 488 g/mol. The molecule has 3 N–H and O–H groups in total. The predicted octanol–water partition coefficient (Wildman–Crippen LogP) is 3.41. The van der Waals surface area contributed by atoms with Gasteiger partial charge >= 0.3 is 5.97 Å². The van der Waals surface area contributed by atoms with E-state index in [4.69, 9.17) is 14.2 Å². The van der Waals surface area contributed by atoms with Gasteiger partial charge in [0.15, 0.2) is 12.6 Å². The SMILES string of the molecule is CCC[C@H](C)[C@H](O)[C@@H](C)N(C)C[C@H](C)C[C@@](C)(O)C[C@@H](C)C(OC1CC(N(C)C)C2OC2O1)[C@@H](C)C(=O)O. The molecule has 12 atom stereocenters. The molecule has 0 spiro atoms. The summed E-state index contributed by atoms with van der Waals surface area (Å²) >= 11 is 0. The number of fused-ring (bicyclic) bond motifs is 1. The number of ether oxygens (including phenoxy) is 3. The first kappa shape index (κ1) is 33.4. The number of likely N-dealkylation sites (N-methyl/N-ethyl adjacent to an activating group) is 2. The van der Waals surface area contributed by atoms with Gasteiger partial charge in [0.05, 0.1) is 23.7 Å². The second kappa shape index (κ2) is 14.2. The Bertz CT molecular complexity index is 736. The summed E-state index contributed by atoms with van der Waals surface area (Å²) < 4.78 is 17.8. The second-order valence-electron chi connectivity index (χ2n) is 13.0. The zero-order chi connectivity index (χ0) is 28.9. The number of carbonyl (C=O) groups is 1. The van der Waals surface area contributed by atoms with Gasteiger partial charge in [-0.2, -0.15) is 0 Å². The molecule has 0 aromatic carbocycles. The smallest absolute Gasteiger partial charge is 0.308 e. The van der Waals surface area contributed by atoms with Gasteiger partial charge in [0.25, 0.3) is 0 Å². The van der Waals surface area contributed by atoms with Gasteiger partial charge in [-0.25, -0.2) is 0 Å². The molecule has 0 saturated carbocycles. The number of hydrogen-bond donors (Lipinski definition) is 3. The first-order valence-electron chi connectivity index (χ1n) is 14.5. The summed E-state index contributed by atoms with van der Waals surface area (Å²) in [5.74, 6) is -1.47. The summed E-state index contributed by atoms with van der Waals surface area (Å²) in [5, 5.41) is 31.9. The van der Waals surface area contributed by atoms with Gasteiger partial charge in [0.1, 0.15) is 6.10 Å². The van der Waals surface area contributed by atoms with Crippen LogP contribution in [-0.2, 0) is 19.0 Å². The van der Waals surface area contributed by atoms with Crippen LogP contribution in [0.15, 0.2) is 0 Å². The van der Waals surface area contributed by atoms with Crippen LogP contribution in [0.3, 0.4) is 0 Å². The Balaban J connectivity index is 1.98. The lowest BCUT2D eigenvalue weighted by Crippen LogP contribution is -2.47. The molecule has 2 heterocycles. The van der Waals surface area contributed by atoms with E-state index in [2.05, 4.69) is 37.5 Å². The minimum absolute atomic E-state index is 0.0219. The van der Waals surface area contributed by atoms with Gasteiger partial charge in [0, 0.05) is 25.0 Å². The van der Waals surface area contributed by atoms with Crippen LogP contribution in [0.4, 0.5) is 0 Å². The minimum Gasteiger partial charge on any atom is -0.481 e. The average molecular weight is 545 g/mol. The summed E-state index contributed by atoms with van der Waals surface area (Å²) in [4.78, 5) is 16.2. The van der Waals surface area contributed by atoms with Crippen LogP contribution in [0, 0.1) is 23.7 Å². The number of epoxide rings is 1. The van der Waals surface area contributed by atoms with Crippen molar-refractivity contribution in [1.82, 2.24) is 9.80 Å². The van der Waals surface area contributed by atoms with Crippen molar-refractivity contribution in [3.63, 3.8) is 0 Å². The van der Waals surface area contributed by atoms with E-state index in [1.165, 1.54) is 0 Å². The zero-order valence-corrected chi connectivity index (χ0v) is 25.5. The van der Waals surface area contributed by atoms with Gasteiger partial charge in [-0.05, 0) is 78.9 Å². The monoisotopic (exact) mass is 544 g/mol. The fraction of sp³-hybridized carbons (Fsp3) is 0.966. The molecule has 0 radical (unpaired) electrons. The fourth-order valence-electron chi connectivity index (χ4n) is 6.41. The van der Waals surface area contributed by atoms with Gasteiger partial charge in [0.2, 0.25) is 0 Å². The van der Waals surface area contributed by atoms with Crippen LogP contribution in [0.1, 0.15) is 80.6 Å². The lowest BCUT2D eigenvalue weighted by Gasteiger charge is -2.38. The van der Waals surface area contributed by atoms with Crippen LogP contribution >= 0.6 is 0 Å². The van der Waals surface area contributed by atoms with Crippen LogP contribution < -0.4 is 0 Å². The van der Waals surface area contributed by atoms with Crippen LogP contribution in [0.25, 0.3) is 0 Å². The highest BCUT2D eigenvalue weighted by Crippen LogP contribution is 2.39. The highest BCUT2D eigenvalue weighted by atomic mass is 16.8. The van der Waals surface area contributed by atoms with Crippen molar-refractivity contribution in [1.29, 1.82) is 0 Å². The minimum atomic E-state index is -0.999. The van der Waals surface area contributed by atoms with Gasteiger partial charge in [-0.15, -0.1) is 0 Å². The van der Waals surface area contributed by atoms with E-state index < -0.39 is 36.0 Å². The maximum atomic E-state index is 12.0. The molecule has 38 heavy (non-hydrogen) atoms. The molecule has 0 aromatic rings. The number of aliphatic hydroxyl groups is 2. The van der Waals surface area contributed by atoms with Crippen molar-refractivity contribution < 1.29 is 34.3 Å². The zero-order valence-electron chi connectivity index (χ0n) is 25.5. The molecule has 9 heteroatoms. The van der Waals surface area contributed by atoms with E-state index in [9.17, 15) is 20.1 Å². The van der Waals surface area contributed by atoms with E-state index in [-0.39, 0.29) is 42.2 Å². The normalized spacial score (nSPS) is 30.6. The van der Waals surface area contributed by atoms with E-state index >= 15 is 0 Å². The van der Waals surface area contributed by atoms with E-state index in [0.29, 0.717) is 19.3 Å². The molecule has 5 unspecified atom stereocenters. The molecular formula is C29H56N2O7. The highest BCUT2D eigenvalue weighted by molar-refractivity contribution is 5.70. The fourth-order valence-corrected chi connectivity index (χ4v) is 6.41. The van der Waals surface area contributed by atoms with Crippen molar-refractivity contribution in [2.24, 2.45) is 23.7 Å². The van der Waals surface area contributed by atoms with Crippen molar-refractivity contribution in [2.45, 2.75) is 129 Å². The lowest BCUT2D eigenvalue weighted by atomic mass is 9.80. The second-order valence-corrected chi connectivity index (χ2v) is 13.0. The Hall–Kier alpha value is -0.810. The van der Waals surface area contributed by atoms with Gasteiger partial charge < -0.3 is 39.3 Å². The third-order valence-electron chi connectivity index (χ3n) is 8.66. The van der Waals surface area contributed by atoms with Crippen LogP contribution in [0.5, 0.6) is 0 Å². The Morgan fingerprint density at radius 1 is 1.08 bits per heavy atom. The van der Waals surface area contributed by atoms with Crippen molar-refractivity contribution >= 4 is 5.97 Å². The molecule has 224 valence electrons. The topological polar surface area (TPSA) is 115 Å². The molecule has 0 bridgehead atoms. The number of aliphatic hydroxyl groups excluding tert-OH is 1. The van der Waals surface area contributed by atoms with Crippen LogP contribution in [0.2, 0.25) is 0 Å². The predicted molar refractivity (Wildman–Crippen MR) is 148 cm³/mol. The maximum Gasteiger partial charge on any atom is 0.308 e. The quantitative estimate of drug-likeness (QED) is 0.237. The molecule has 2 aliphatic rings. The summed E-state index contributed by atoms with van der Waals surface area (Å²) in [6.45, 7) is 14.6. The van der Waals surface area contributed by atoms with Crippen LogP contribution in [-0.4, -0.2) is 107 Å². The third-order valence-corrected chi connectivity index (χ3v) is 8.66. The van der Waals surface area contributed by atoms with Gasteiger partial charge in [-0.1, -0.05) is 34.1 Å². The maximum absolute atomic E-state index is 12.0. The first-order chi connectivity index (χ1) is 17.6. The van der Waals surface area contributed by atoms with Crippen molar-refractivity contribution in [3.05, 3.63) is 0 Å². The molecule has 0 amide bonds. The summed E-state index contributed by atoms with van der Waals surface area (Å²) in [7, 11) is 6.02. The molecule has 2 rings (SSSR count). The van der Waals surface area contributed by atoms with E-state index in [0.717, 1.165) is 19.4 Å². The molecule has 2 fully saturated rings. The largest absolute Gasteiger partial charge is 0.481 e. The first-order valence-corrected chi connectivity index (χ1v) is 14.5. The van der Waals surface area contributed by atoms with E-state index in [1.54, 1.807) is 6.92 Å². The molecule has 2 saturated heterocycles. The Morgan fingerprint density at radius 3 is 2.26 bits per heavy atom. The summed E-state index contributed by atoms with van der Waals surface area (Å²) in [5.41, 5.74) is -0.999. The third kappa shape index (κ3) is 9.39. The van der Waals surface area contributed by atoms with E-state index in [1.807, 2.05) is 35.0 Å². The number of aliphatic carboxylic acids is 1. The molecule has 0 aromatic heterocycles. The lowest BCUT2D eigenvalue weighted by molar-refractivity contribution is -0.228. The summed E-state index contributed by atoms with van der Waals surface area (Å²) in [6.07, 6.45) is 1.78. The number of nitrogens with zero attached hydrogens (tertiary/aromatic N) is 2. The molecule has 0 aliphatic carbocycles. The number of carboxylic acids is 1. The highest BCUT2D eigenvalue weighted by Gasteiger charge is 2.54. The molecule has 2 aliphatic heterocycles. The van der Waals surface area contributed by atoms with Gasteiger partial charge in [-0.3, -0.25) is 4.79 Å². The molecule has 9 nitrogen and oxygen atoms in total. The van der Waals surface area contributed by atoms with Crippen molar-refractivity contribution in [2.75, 3.05) is 27.7 Å². The number of carboxylic acid groups (broad SMARTS) is 1. The Morgan fingerprint density at radius 2 is 1.71 bits per heavy atom. The number of rotatable bonds is 17. The average Bonchev–Trinajstić information content (AvgIpc) is 3.59. The number of hydrogen-bond acceptors (Lipinski definition) is 8. The standard InChI is InChI=1S/C29H56N2O7/c1-11-12-18(3)24(32)21(6)31(10)16-17(2)14-29(7,35)15-19(4)25(20(5)27(33)34)36-23-13-22(30(8)9)26-28(37-23)38-26/h17-26,28,32,35H,11-16H2,1-10H3,(H,33,34)/t17-,18+,19-,20-,21-,22?,23?,24+,25?,26?,28?,29-/m1/s1.